The fourth-order valence-electron chi connectivity index (χ4n) is 7.01. The molecule has 3 N–H and O–H groups in total. The van der Waals surface area contributed by atoms with E-state index in [9.17, 15) is 15.0 Å². The van der Waals surface area contributed by atoms with Crippen LogP contribution in [0.3, 0.4) is 0 Å². The van der Waals surface area contributed by atoms with E-state index in [1.54, 1.807) is 6.92 Å². The Morgan fingerprint density at radius 3 is 2.79 bits per heavy atom. The second kappa shape index (κ2) is 7.94. The Labute approximate surface area is 174 Å². The molecular formula is C25H36O4. The minimum atomic E-state index is -0.699. The second-order valence-electron chi connectivity index (χ2n) is 10.3. The number of carboxylic acid groups (broad SMARTS) is 1. The highest BCUT2D eigenvalue weighted by Crippen LogP contribution is 2.62. The number of aromatic hydroxyl groups is 1. The standard InChI is InChI=1S/C25H36O4/c1-15(24(28)29)5-3-4-6-16-13-17-14-18(26)7-8-19(17)20-11-12-25(2)21(23(16)20)9-10-22(25)27/h7-8,14-16,20-23,26-27H,3-6,9-13H2,1-2H3,(H,28,29). The molecule has 0 radical (unpaired) electrons. The summed E-state index contributed by atoms with van der Waals surface area (Å²) in [4.78, 5) is 11.1. The lowest BCUT2D eigenvalue weighted by Gasteiger charge is -2.53. The van der Waals surface area contributed by atoms with Crippen molar-refractivity contribution in [1.29, 1.82) is 0 Å². The summed E-state index contributed by atoms with van der Waals surface area (Å²) in [6.45, 7) is 4.11. The summed E-state index contributed by atoms with van der Waals surface area (Å²) >= 11 is 0. The Hall–Kier alpha value is -1.55. The lowest BCUT2D eigenvalue weighted by molar-refractivity contribution is -0.141. The number of benzene rings is 1. The zero-order valence-corrected chi connectivity index (χ0v) is 17.8. The maximum Gasteiger partial charge on any atom is 0.306 e. The van der Waals surface area contributed by atoms with E-state index in [0.29, 0.717) is 29.4 Å². The first kappa shape index (κ1) is 20.7. The number of aliphatic carboxylic acids is 1. The smallest absolute Gasteiger partial charge is 0.306 e. The summed E-state index contributed by atoms with van der Waals surface area (Å²) in [6.07, 6.45) is 8.97. The predicted octanol–water partition coefficient (Wildman–Crippen LogP) is 5.12. The molecule has 2 fully saturated rings. The maximum atomic E-state index is 11.1. The van der Waals surface area contributed by atoms with Gasteiger partial charge in [-0.1, -0.05) is 32.8 Å². The Morgan fingerprint density at radius 2 is 2.03 bits per heavy atom. The highest BCUT2D eigenvalue weighted by Gasteiger charge is 2.56. The fraction of sp³-hybridized carbons (Fsp3) is 0.720. The Morgan fingerprint density at radius 1 is 1.24 bits per heavy atom. The van der Waals surface area contributed by atoms with Crippen LogP contribution in [0.1, 0.15) is 82.3 Å². The van der Waals surface area contributed by atoms with Crippen molar-refractivity contribution in [3.05, 3.63) is 29.3 Å². The summed E-state index contributed by atoms with van der Waals surface area (Å²) in [5, 5.41) is 29.9. The van der Waals surface area contributed by atoms with Gasteiger partial charge in [-0.05, 0) is 97.3 Å². The van der Waals surface area contributed by atoms with Crippen molar-refractivity contribution >= 4 is 5.97 Å². The molecule has 0 spiro atoms. The molecule has 7 atom stereocenters. The van der Waals surface area contributed by atoms with Crippen LogP contribution in [0.15, 0.2) is 18.2 Å². The predicted molar refractivity (Wildman–Crippen MR) is 113 cm³/mol. The molecule has 7 unspecified atom stereocenters. The monoisotopic (exact) mass is 400 g/mol. The van der Waals surface area contributed by atoms with Crippen LogP contribution in [0.25, 0.3) is 0 Å². The third-order valence-electron chi connectivity index (χ3n) is 8.72. The van der Waals surface area contributed by atoms with E-state index in [1.807, 2.05) is 12.1 Å². The minimum absolute atomic E-state index is 0.0473. The Bertz CT molecular complexity index is 759. The quantitative estimate of drug-likeness (QED) is 0.580. The summed E-state index contributed by atoms with van der Waals surface area (Å²) < 4.78 is 0. The van der Waals surface area contributed by atoms with Crippen molar-refractivity contribution in [1.82, 2.24) is 0 Å². The number of hydrogen-bond acceptors (Lipinski definition) is 3. The number of unbranched alkanes of at least 4 members (excludes halogenated alkanes) is 1. The third-order valence-corrected chi connectivity index (χ3v) is 8.72. The molecule has 3 aliphatic rings. The maximum absolute atomic E-state index is 11.1. The van der Waals surface area contributed by atoms with Crippen LogP contribution in [-0.2, 0) is 11.2 Å². The average Bonchev–Trinajstić information content (AvgIpc) is 2.99. The van der Waals surface area contributed by atoms with Crippen LogP contribution in [0.4, 0.5) is 0 Å². The first-order chi connectivity index (χ1) is 13.8. The first-order valence-electron chi connectivity index (χ1n) is 11.5. The van der Waals surface area contributed by atoms with Crippen molar-refractivity contribution < 1.29 is 20.1 Å². The van der Waals surface area contributed by atoms with E-state index in [1.165, 1.54) is 11.1 Å². The van der Waals surface area contributed by atoms with Gasteiger partial charge in [-0.15, -0.1) is 0 Å². The Kier molecular flexibility index (Phi) is 5.67. The molecule has 2 saturated carbocycles. The number of aliphatic hydroxyl groups is 1. The number of rotatable bonds is 6. The topological polar surface area (TPSA) is 77.8 Å². The van der Waals surface area contributed by atoms with Gasteiger partial charge in [0.15, 0.2) is 0 Å². The third kappa shape index (κ3) is 3.69. The van der Waals surface area contributed by atoms with Gasteiger partial charge in [0.1, 0.15) is 5.75 Å². The Balaban J connectivity index is 1.55. The number of carboxylic acids is 1. The molecule has 160 valence electrons. The van der Waals surface area contributed by atoms with Crippen LogP contribution < -0.4 is 0 Å². The molecule has 0 saturated heterocycles. The minimum Gasteiger partial charge on any atom is -0.508 e. The van der Waals surface area contributed by atoms with E-state index < -0.39 is 5.97 Å². The second-order valence-corrected chi connectivity index (χ2v) is 10.3. The number of carbonyl (C=O) groups is 1. The van der Waals surface area contributed by atoms with Gasteiger partial charge in [0.2, 0.25) is 0 Å². The normalized spacial score (nSPS) is 36.7. The summed E-state index contributed by atoms with van der Waals surface area (Å²) in [6, 6.07) is 5.93. The molecule has 0 bridgehead atoms. The lowest BCUT2D eigenvalue weighted by Crippen LogP contribution is -2.47. The van der Waals surface area contributed by atoms with E-state index in [0.717, 1.165) is 57.8 Å². The molecular weight excluding hydrogens is 364 g/mol. The molecule has 0 amide bonds. The highest BCUT2D eigenvalue weighted by molar-refractivity contribution is 5.69. The number of phenols is 1. The van der Waals surface area contributed by atoms with Crippen LogP contribution in [0, 0.1) is 29.1 Å². The summed E-state index contributed by atoms with van der Waals surface area (Å²) in [7, 11) is 0. The van der Waals surface area contributed by atoms with Gasteiger partial charge in [-0.25, -0.2) is 0 Å². The molecule has 4 rings (SSSR count). The van der Waals surface area contributed by atoms with E-state index in [2.05, 4.69) is 13.0 Å². The van der Waals surface area contributed by atoms with Gasteiger partial charge in [0.05, 0.1) is 12.0 Å². The molecule has 1 aromatic rings. The fourth-order valence-corrected chi connectivity index (χ4v) is 7.01. The van der Waals surface area contributed by atoms with Gasteiger partial charge in [0, 0.05) is 0 Å². The van der Waals surface area contributed by atoms with Gasteiger partial charge in [-0.2, -0.15) is 0 Å². The molecule has 0 aliphatic heterocycles. The molecule has 4 nitrogen and oxygen atoms in total. The summed E-state index contributed by atoms with van der Waals surface area (Å²) in [5.41, 5.74) is 2.77. The molecule has 4 heteroatoms. The zero-order valence-electron chi connectivity index (χ0n) is 17.8. The van der Waals surface area contributed by atoms with Crippen molar-refractivity contribution in [3.8, 4) is 5.75 Å². The van der Waals surface area contributed by atoms with Crippen molar-refractivity contribution in [3.63, 3.8) is 0 Å². The van der Waals surface area contributed by atoms with Crippen molar-refractivity contribution in [2.45, 2.75) is 83.7 Å². The van der Waals surface area contributed by atoms with Crippen molar-refractivity contribution in [2.75, 3.05) is 0 Å². The van der Waals surface area contributed by atoms with Gasteiger partial charge >= 0.3 is 5.97 Å². The van der Waals surface area contributed by atoms with Crippen LogP contribution in [-0.4, -0.2) is 27.4 Å². The number of aliphatic hydroxyl groups excluding tert-OH is 1. The molecule has 3 aliphatic carbocycles. The van der Waals surface area contributed by atoms with E-state index >= 15 is 0 Å². The van der Waals surface area contributed by atoms with Crippen LogP contribution >= 0.6 is 0 Å². The van der Waals surface area contributed by atoms with Crippen LogP contribution in [0.5, 0.6) is 5.75 Å². The van der Waals surface area contributed by atoms with E-state index in [4.69, 9.17) is 5.11 Å². The number of fused-ring (bicyclic) bond motifs is 5. The first-order valence-corrected chi connectivity index (χ1v) is 11.5. The lowest BCUT2D eigenvalue weighted by atomic mass is 9.52. The number of hydrogen-bond donors (Lipinski definition) is 3. The molecule has 1 aromatic carbocycles. The molecule has 0 aromatic heterocycles. The van der Waals surface area contributed by atoms with Gasteiger partial charge in [0.25, 0.3) is 0 Å². The highest BCUT2D eigenvalue weighted by atomic mass is 16.4. The largest absolute Gasteiger partial charge is 0.508 e. The average molecular weight is 401 g/mol. The molecule has 0 heterocycles. The summed E-state index contributed by atoms with van der Waals surface area (Å²) in [5.74, 6) is 1.65. The zero-order chi connectivity index (χ0) is 20.8. The van der Waals surface area contributed by atoms with Gasteiger partial charge in [-0.3, -0.25) is 4.79 Å². The van der Waals surface area contributed by atoms with Crippen molar-refractivity contribution in [2.24, 2.45) is 29.1 Å². The molecule has 29 heavy (non-hydrogen) atoms. The number of phenolic OH excluding ortho intramolecular Hbond substituents is 1. The SMILES string of the molecule is CC(CCCCC1Cc2cc(O)ccc2C2CCC3(C)C(O)CCC3C12)C(=O)O. The van der Waals surface area contributed by atoms with Gasteiger partial charge < -0.3 is 15.3 Å². The van der Waals surface area contributed by atoms with E-state index in [-0.39, 0.29) is 17.4 Å². The van der Waals surface area contributed by atoms with Crippen LogP contribution in [0.2, 0.25) is 0 Å².